The maximum atomic E-state index is 10.2. The second-order valence-corrected chi connectivity index (χ2v) is 7.72. The first-order valence-electron chi connectivity index (χ1n) is 8.86. The number of para-hydroxylation sites is 1. The lowest BCUT2D eigenvalue weighted by molar-refractivity contribution is 0.307. The molecule has 7 nitrogen and oxygen atoms in total. The summed E-state index contributed by atoms with van der Waals surface area (Å²) in [4.78, 5) is 15.4. The van der Waals surface area contributed by atoms with E-state index in [0.29, 0.717) is 27.5 Å². The predicted molar refractivity (Wildman–Crippen MR) is 117 cm³/mol. The van der Waals surface area contributed by atoms with Crippen LogP contribution in [0.15, 0.2) is 52.4 Å². The van der Waals surface area contributed by atoms with Crippen molar-refractivity contribution in [2.45, 2.75) is 0 Å². The summed E-state index contributed by atoms with van der Waals surface area (Å²) in [7, 11) is 1.88. The van der Waals surface area contributed by atoms with Gasteiger partial charge in [0.1, 0.15) is 0 Å². The molecule has 0 amide bonds. The monoisotopic (exact) mass is 427 g/mol. The smallest absolute Gasteiger partial charge is 0.231 e. The average Bonchev–Trinajstić information content (AvgIpc) is 3.21. The van der Waals surface area contributed by atoms with Crippen LogP contribution in [0.5, 0.6) is 5.88 Å². The van der Waals surface area contributed by atoms with Gasteiger partial charge in [0, 0.05) is 7.05 Å². The van der Waals surface area contributed by atoms with E-state index in [1.165, 1.54) is 11.3 Å². The van der Waals surface area contributed by atoms with Crippen molar-refractivity contribution in [3.05, 3.63) is 62.9 Å². The molecular weight excluding hydrogens is 410 g/mol. The van der Waals surface area contributed by atoms with Crippen LogP contribution >= 0.6 is 22.9 Å². The molecule has 1 aromatic heterocycles. The van der Waals surface area contributed by atoms with Crippen molar-refractivity contribution in [3.8, 4) is 5.88 Å². The molecule has 2 heterocycles. The summed E-state index contributed by atoms with van der Waals surface area (Å²) in [6, 6.07) is 13.2. The molecule has 0 bridgehead atoms. The van der Waals surface area contributed by atoms with E-state index in [9.17, 15) is 5.11 Å². The summed E-state index contributed by atoms with van der Waals surface area (Å²) in [5.74, 6) is 0.520. The molecule has 1 aliphatic heterocycles. The van der Waals surface area contributed by atoms with E-state index in [-0.39, 0.29) is 12.5 Å². The highest BCUT2D eigenvalue weighted by Gasteiger charge is 2.17. The second-order valence-electron chi connectivity index (χ2n) is 6.28. The molecule has 0 aliphatic carbocycles. The van der Waals surface area contributed by atoms with Crippen LogP contribution in [-0.4, -0.2) is 41.4 Å². The minimum atomic E-state index is -0.0479. The number of rotatable bonds is 5. The number of nitrogens with zero attached hydrogens (tertiary/aromatic N) is 4. The largest absolute Gasteiger partial charge is 0.492 e. The van der Waals surface area contributed by atoms with Crippen molar-refractivity contribution in [2.75, 3.05) is 30.4 Å². The zero-order chi connectivity index (χ0) is 20.4. The third-order valence-corrected chi connectivity index (χ3v) is 5.52. The molecule has 0 unspecified atom stereocenters. The fraction of sp³-hybridized carbons (Fsp3) is 0.150. The van der Waals surface area contributed by atoms with Crippen molar-refractivity contribution >= 4 is 51.5 Å². The number of aromatic hydroxyl groups is 1. The highest BCUT2D eigenvalue weighted by atomic mass is 35.5. The van der Waals surface area contributed by atoms with Gasteiger partial charge in [0.15, 0.2) is 5.13 Å². The molecule has 0 saturated carbocycles. The molecule has 0 spiro atoms. The maximum absolute atomic E-state index is 10.2. The fourth-order valence-corrected chi connectivity index (χ4v) is 3.89. The second kappa shape index (κ2) is 8.20. The van der Waals surface area contributed by atoms with Crippen LogP contribution in [0.25, 0.3) is 6.08 Å². The quantitative estimate of drug-likeness (QED) is 0.581. The molecule has 0 radical (unpaired) electrons. The Morgan fingerprint density at radius 1 is 1.28 bits per heavy atom. The number of nitrogens with one attached hydrogen (secondary N) is 1. The molecule has 0 atom stereocenters. The Kier molecular flexibility index (Phi) is 5.48. The van der Waals surface area contributed by atoms with Crippen molar-refractivity contribution in [1.82, 2.24) is 4.98 Å². The molecule has 3 N–H and O–H groups in total. The van der Waals surface area contributed by atoms with Crippen molar-refractivity contribution < 1.29 is 10.2 Å². The Labute approximate surface area is 176 Å². The lowest BCUT2D eigenvalue weighted by Crippen LogP contribution is -2.23. The van der Waals surface area contributed by atoms with E-state index in [4.69, 9.17) is 16.7 Å². The normalized spacial score (nSPS) is 14.9. The Hall–Kier alpha value is -2.94. The van der Waals surface area contributed by atoms with Crippen LogP contribution in [0.4, 0.5) is 16.5 Å². The summed E-state index contributed by atoms with van der Waals surface area (Å²) < 4.78 is 0. The van der Waals surface area contributed by atoms with Gasteiger partial charge in [-0.1, -0.05) is 41.1 Å². The zero-order valence-electron chi connectivity index (χ0n) is 15.5. The first kappa shape index (κ1) is 19.4. The minimum absolute atomic E-state index is 0.0164. The number of benzene rings is 2. The predicted octanol–water partition coefficient (Wildman–Crippen LogP) is 2.49. The lowest BCUT2D eigenvalue weighted by Gasteiger charge is -2.11. The first-order chi connectivity index (χ1) is 14.0. The number of aliphatic hydroxyl groups is 1. The van der Waals surface area contributed by atoms with Gasteiger partial charge in [0.2, 0.25) is 11.8 Å². The summed E-state index contributed by atoms with van der Waals surface area (Å²) in [6.07, 6.45) is 1.86. The molecule has 0 saturated heterocycles. The molecule has 4 rings (SSSR count). The topological polar surface area (TPSA) is 93.3 Å². The van der Waals surface area contributed by atoms with Crippen molar-refractivity contribution in [1.29, 1.82) is 0 Å². The summed E-state index contributed by atoms with van der Waals surface area (Å²) in [5, 5.41) is 25.2. The summed E-state index contributed by atoms with van der Waals surface area (Å²) in [5.41, 5.74) is 1.64. The van der Waals surface area contributed by atoms with Gasteiger partial charge in [0.25, 0.3) is 0 Å². The van der Waals surface area contributed by atoms with E-state index < -0.39 is 0 Å². The number of hydrogen-bond donors (Lipinski definition) is 3. The van der Waals surface area contributed by atoms with Crippen molar-refractivity contribution in [2.24, 2.45) is 9.98 Å². The third-order valence-electron chi connectivity index (χ3n) is 4.28. The summed E-state index contributed by atoms with van der Waals surface area (Å²) >= 11 is 7.50. The number of fused-ring (bicyclic) bond motifs is 1. The number of halogens is 1. The van der Waals surface area contributed by atoms with Crippen molar-refractivity contribution in [3.63, 3.8) is 0 Å². The molecule has 3 aromatic rings. The highest BCUT2D eigenvalue weighted by molar-refractivity contribution is 7.16. The van der Waals surface area contributed by atoms with Crippen LogP contribution in [0.2, 0.25) is 5.02 Å². The highest BCUT2D eigenvalue weighted by Crippen LogP contribution is 2.32. The van der Waals surface area contributed by atoms with Gasteiger partial charge in [-0.25, -0.2) is 9.98 Å². The van der Waals surface area contributed by atoms with Gasteiger partial charge in [-0.3, -0.25) is 0 Å². The Morgan fingerprint density at radius 3 is 2.90 bits per heavy atom. The molecule has 2 aromatic carbocycles. The average molecular weight is 428 g/mol. The van der Waals surface area contributed by atoms with Gasteiger partial charge < -0.3 is 20.4 Å². The zero-order valence-corrected chi connectivity index (χ0v) is 17.1. The number of aliphatic hydroxyl groups excluding tert-OH is 1. The van der Waals surface area contributed by atoms with Gasteiger partial charge >= 0.3 is 0 Å². The van der Waals surface area contributed by atoms with Gasteiger partial charge in [-0.05, 0) is 35.6 Å². The van der Waals surface area contributed by atoms with E-state index in [2.05, 4.69) is 20.3 Å². The SMILES string of the molecule is CN1C(=NCCO)N=c2ccc(=Cc3sc(Nc4ccccc4Cl)nc3O)cc21. The summed E-state index contributed by atoms with van der Waals surface area (Å²) in [6.45, 7) is 0.295. The third kappa shape index (κ3) is 4.09. The Morgan fingerprint density at radius 2 is 2.10 bits per heavy atom. The first-order valence-corrected chi connectivity index (χ1v) is 10.1. The van der Waals surface area contributed by atoms with Crippen LogP contribution < -0.4 is 20.8 Å². The lowest BCUT2D eigenvalue weighted by atomic mass is 10.2. The van der Waals surface area contributed by atoms with Gasteiger partial charge in [-0.2, -0.15) is 4.98 Å². The standard InChI is InChI=1S/C20H18ClN5O2S/c1-26-16-10-12(6-7-15(16)23-19(26)22-8-9-27)11-17-18(28)25-20(29-17)24-14-5-3-2-4-13(14)21/h2-7,10-11,27-28H,8-9H2,1H3,(H,24,25). The van der Waals surface area contributed by atoms with E-state index >= 15 is 0 Å². The fourth-order valence-electron chi connectivity index (χ4n) is 2.88. The molecular formula is C20H18ClN5O2S. The Bertz CT molecular complexity index is 1210. The Balaban J connectivity index is 1.62. The number of aromatic nitrogens is 1. The minimum Gasteiger partial charge on any atom is -0.492 e. The van der Waals surface area contributed by atoms with E-state index in [1.54, 1.807) is 6.07 Å². The van der Waals surface area contributed by atoms with Crippen LogP contribution in [0.3, 0.4) is 0 Å². The maximum Gasteiger partial charge on any atom is 0.231 e. The molecule has 0 fully saturated rings. The molecule has 148 valence electrons. The van der Waals surface area contributed by atoms with Crippen LogP contribution in [-0.2, 0) is 0 Å². The number of anilines is 3. The van der Waals surface area contributed by atoms with Gasteiger partial charge in [-0.15, -0.1) is 0 Å². The van der Waals surface area contributed by atoms with E-state index in [0.717, 1.165) is 22.0 Å². The number of hydrogen-bond acceptors (Lipinski definition) is 6. The van der Waals surface area contributed by atoms with Crippen LogP contribution in [0, 0.1) is 0 Å². The number of guanidine groups is 1. The molecule has 1 aliphatic rings. The number of thiazole rings is 1. The van der Waals surface area contributed by atoms with Crippen LogP contribution in [0.1, 0.15) is 4.88 Å². The molecule has 29 heavy (non-hydrogen) atoms. The molecule has 9 heteroatoms. The van der Waals surface area contributed by atoms with Gasteiger partial charge in [0.05, 0.1) is 39.8 Å². The van der Waals surface area contributed by atoms with E-state index in [1.807, 2.05) is 54.4 Å². The number of aliphatic imine (C=N–C) groups is 1.